The van der Waals surface area contributed by atoms with Crippen molar-refractivity contribution in [2.24, 2.45) is 0 Å². The van der Waals surface area contributed by atoms with Crippen molar-refractivity contribution in [3.63, 3.8) is 0 Å². The molecule has 30 heavy (non-hydrogen) atoms. The van der Waals surface area contributed by atoms with Gasteiger partial charge in [-0.05, 0) is 56.2 Å². The minimum atomic E-state index is -0.389. The van der Waals surface area contributed by atoms with Crippen LogP contribution in [-0.2, 0) is 4.79 Å². The molecule has 0 radical (unpaired) electrons. The van der Waals surface area contributed by atoms with Crippen molar-refractivity contribution in [2.45, 2.75) is 37.6 Å². The fraction of sp³-hybridized carbons (Fsp3) is 0.261. The molecule has 0 aliphatic carbocycles. The number of thioether (sulfide) groups is 1. The van der Waals surface area contributed by atoms with Gasteiger partial charge in [-0.3, -0.25) is 9.59 Å². The predicted molar refractivity (Wildman–Crippen MR) is 121 cm³/mol. The molecule has 2 N–H and O–H groups in total. The Hall–Kier alpha value is -3.06. The fourth-order valence-electron chi connectivity index (χ4n) is 3.02. The van der Waals surface area contributed by atoms with E-state index in [4.69, 9.17) is 4.74 Å². The number of rotatable bonds is 7. The van der Waals surface area contributed by atoms with Crippen molar-refractivity contribution < 1.29 is 9.53 Å². The third kappa shape index (κ3) is 5.30. The number of nitrogens with one attached hydrogen (secondary N) is 2. The molecular formula is C23H25N3O3S. The number of amides is 1. The number of ether oxygens (including phenoxy) is 1. The number of H-pyrrole nitrogens is 1. The van der Waals surface area contributed by atoms with Gasteiger partial charge < -0.3 is 15.0 Å². The van der Waals surface area contributed by atoms with Crippen LogP contribution in [0.15, 0.2) is 58.5 Å². The second-order valence-corrected chi connectivity index (χ2v) is 8.18. The van der Waals surface area contributed by atoms with E-state index in [2.05, 4.69) is 15.3 Å². The van der Waals surface area contributed by atoms with Gasteiger partial charge in [-0.25, -0.2) is 4.98 Å². The Balaban J connectivity index is 1.79. The van der Waals surface area contributed by atoms with E-state index in [-0.39, 0.29) is 16.7 Å². The van der Waals surface area contributed by atoms with Crippen molar-refractivity contribution in [1.29, 1.82) is 0 Å². The summed E-state index contributed by atoms with van der Waals surface area (Å²) in [6.07, 6.45) is 0.595. The van der Waals surface area contributed by atoms with Gasteiger partial charge >= 0.3 is 0 Å². The van der Waals surface area contributed by atoms with E-state index < -0.39 is 0 Å². The Labute approximate surface area is 180 Å². The first-order valence-electron chi connectivity index (χ1n) is 9.70. The topological polar surface area (TPSA) is 84.1 Å². The molecule has 156 valence electrons. The van der Waals surface area contributed by atoms with Crippen LogP contribution in [-0.4, -0.2) is 28.2 Å². The third-order valence-electron chi connectivity index (χ3n) is 4.66. The van der Waals surface area contributed by atoms with Crippen LogP contribution in [0.3, 0.4) is 0 Å². The Morgan fingerprint density at radius 2 is 1.90 bits per heavy atom. The first kappa shape index (κ1) is 21.6. The van der Waals surface area contributed by atoms with Crippen LogP contribution in [0.5, 0.6) is 5.75 Å². The summed E-state index contributed by atoms with van der Waals surface area (Å²) in [5.41, 5.74) is 4.03. The molecule has 1 aromatic heterocycles. The van der Waals surface area contributed by atoms with E-state index in [1.54, 1.807) is 7.11 Å². The molecule has 0 saturated heterocycles. The molecule has 3 aromatic rings. The molecule has 1 heterocycles. The molecule has 1 atom stereocenters. The van der Waals surface area contributed by atoms with E-state index in [1.165, 1.54) is 17.8 Å². The number of carbonyl (C=O) groups excluding carboxylic acids is 1. The summed E-state index contributed by atoms with van der Waals surface area (Å²) in [4.78, 5) is 32.3. The minimum absolute atomic E-state index is 0.119. The summed E-state index contributed by atoms with van der Waals surface area (Å²) < 4.78 is 5.17. The molecule has 7 heteroatoms. The van der Waals surface area contributed by atoms with Crippen molar-refractivity contribution in [2.75, 3.05) is 12.4 Å². The van der Waals surface area contributed by atoms with Gasteiger partial charge in [0.25, 0.3) is 5.56 Å². The van der Waals surface area contributed by atoms with Gasteiger partial charge in [-0.15, -0.1) is 0 Å². The van der Waals surface area contributed by atoms with E-state index in [0.717, 1.165) is 28.1 Å². The highest BCUT2D eigenvalue weighted by Gasteiger charge is 2.20. The molecule has 1 unspecified atom stereocenters. The van der Waals surface area contributed by atoms with Crippen LogP contribution in [0.4, 0.5) is 5.69 Å². The lowest BCUT2D eigenvalue weighted by Crippen LogP contribution is -2.25. The van der Waals surface area contributed by atoms with Gasteiger partial charge in [-0.1, -0.05) is 36.4 Å². The van der Waals surface area contributed by atoms with Crippen molar-refractivity contribution in [3.8, 4) is 17.0 Å². The number of anilines is 1. The number of hydrogen-bond acceptors (Lipinski definition) is 5. The maximum atomic E-state index is 12.8. The third-order valence-corrected chi connectivity index (χ3v) is 5.91. The van der Waals surface area contributed by atoms with Crippen molar-refractivity contribution >= 4 is 23.4 Å². The van der Waals surface area contributed by atoms with Gasteiger partial charge in [0.2, 0.25) is 5.91 Å². The highest BCUT2D eigenvalue weighted by atomic mass is 32.2. The highest BCUT2D eigenvalue weighted by Crippen LogP contribution is 2.26. The normalized spacial score (nSPS) is 11.7. The molecule has 0 aliphatic heterocycles. The molecular weight excluding hydrogens is 398 g/mol. The number of benzene rings is 2. The van der Waals surface area contributed by atoms with E-state index in [0.29, 0.717) is 17.3 Å². The summed E-state index contributed by atoms with van der Waals surface area (Å²) in [5.74, 6) is 0.610. The van der Waals surface area contributed by atoms with Gasteiger partial charge in [0.1, 0.15) is 5.75 Å². The van der Waals surface area contributed by atoms with Crippen molar-refractivity contribution in [1.82, 2.24) is 9.97 Å². The lowest BCUT2D eigenvalue weighted by atomic mass is 10.1. The number of hydrogen-bond donors (Lipinski definition) is 2. The summed E-state index contributed by atoms with van der Waals surface area (Å²) in [6, 6.07) is 14.7. The first-order chi connectivity index (χ1) is 14.4. The zero-order chi connectivity index (χ0) is 21.7. The standard InChI is InChI=1S/C23H25N3O3S/c1-5-20(22(28)24-18-11-6-14(2)12-15(18)3)30-23-25-19(13-21(27)26-23)16-7-9-17(29-4)10-8-16/h6-13,20H,5H2,1-4H3,(H,24,28)(H,25,26,27). The zero-order valence-corrected chi connectivity index (χ0v) is 18.3. The number of aromatic amines is 1. The number of nitrogens with zero attached hydrogens (tertiary/aromatic N) is 1. The Bertz CT molecular complexity index is 1090. The van der Waals surface area contributed by atoms with Gasteiger partial charge in [-0.2, -0.15) is 0 Å². The van der Waals surface area contributed by atoms with E-state index in [9.17, 15) is 9.59 Å². The summed E-state index contributed by atoms with van der Waals surface area (Å²) >= 11 is 1.25. The van der Waals surface area contributed by atoms with Crippen LogP contribution in [0, 0.1) is 13.8 Å². The minimum Gasteiger partial charge on any atom is -0.497 e. The quantitative estimate of drug-likeness (QED) is 0.429. The maximum Gasteiger partial charge on any atom is 0.252 e. The Morgan fingerprint density at radius 3 is 2.53 bits per heavy atom. The SMILES string of the molecule is CCC(Sc1nc(-c2ccc(OC)cc2)cc(=O)[nH]1)C(=O)Nc1ccc(C)cc1C. The van der Waals surface area contributed by atoms with Crippen LogP contribution in [0.25, 0.3) is 11.3 Å². The van der Waals surface area contributed by atoms with Gasteiger partial charge in [0, 0.05) is 17.3 Å². The maximum absolute atomic E-state index is 12.8. The molecule has 0 bridgehead atoms. The summed E-state index contributed by atoms with van der Waals surface area (Å²) in [6.45, 7) is 5.92. The molecule has 1 amide bonds. The molecule has 3 rings (SSSR count). The molecule has 0 saturated carbocycles. The van der Waals surface area contributed by atoms with Gasteiger partial charge in [0.05, 0.1) is 18.1 Å². The number of aromatic nitrogens is 2. The van der Waals surface area contributed by atoms with Crippen molar-refractivity contribution in [3.05, 3.63) is 70.0 Å². The molecule has 0 fully saturated rings. The zero-order valence-electron chi connectivity index (χ0n) is 17.5. The molecule has 6 nitrogen and oxygen atoms in total. The molecule has 0 aliphatic rings. The Kier molecular flexibility index (Phi) is 6.95. The monoisotopic (exact) mass is 423 g/mol. The average molecular weight is 424 g/mol. The lowest BCUT2D eigenvalue weighted by molar-refractivity contribution is -0.115. The lowest BCUT2D eigenvalue weighted by Gasteiger charge is -2.16. The number of carbonyl (C=O) groups is 1. The largest absolute Gasteiger partial charge is 0.497 e. The second kappa shape index (κ2) is 9.63. The highest BCUT2D eigenvalue weighted by molar-refractivity contribution is 8.00. The molecule has 2 aromatic carbocycles. The number of aryl methyl sites for hydroxylation is 2. The van der Waals surface area contributed by atoms with Gasteiger partial charge in [0.15, 0.2) is 5.16 Å². The van der Waals surface area contributed by atoms with Crippen LogP contribution < -0.4 is 15.6 Å². The van der Waals surface area contributed by atoms with Crippen LogP contribution in [0.1, 0.15) is 24.5 Å². The fourth-order valence-corrected chi connectivity index (χ4v) is 3.94. The van der Waals surface area contributed by atoms with E-state index in [1.807, 2.05) is 63.2 Å². The smallest absolute Gasteiger partial charge is 0.252 e. The van der Waals surface area contributed by atoms with Crippen LogP contribution >= 0.6 is 11.8 Å². The second-order valence-electron chi connectivity index (χ2n) is 6.99. The van der Waals surface area contributed by atoms with E-state index >= 15 is 0 Å². The Morgan fingerprint density at radius 1 is 1.17 bits per heavy atom. The predicted octanol–water partition coefficient (Wildman–Crippen LogP) is 4.57. The summed E-state index contributed by atoms with van der Waals surface area (Å²) in [7, 11) is 1.60. The summed E-state index contributed by atoms with van der Waals surface area (Å²) in [5, 5.41) is 3.01. The van der Waals surface area contributed by atoms with Crippen LogP contribution in [0.2, 0.25) is 0 Å². The first-order valence-corrected chi connectivity index (χ1v) is 10.6. The average Bonchev–Trinajstić information content (AvgIpc) is 2.73. The number of methoxy groups -OCH3 is 1. The molecule has 0 spiro atoms.